The summed E-state index contributed by atoms with van der Waals surface area (Å²) in [5, 5.41) is 0. The number of hydrogen-bond acceptors (Lipinski definition) is 3. The molecule has 0 bridgehead atoms. The fourth-order valence-electron chi connectivity index (χ4n) is 2.95. The van der Waals surface area contributed by atoms with Crippen LogP contribution in [0.25, 0.3) is 0 Å². The minimum Gasteiger partial charge on any atom is -0.453 e. The lowest BCUT2D eigenvalue weighted by molar-refractivity contribution is 0.0348. The zero-order valence-electron chi connectivity index (χ0n) is 9.61. The van der Waals surface area contributed by atoms with Crippen LogP contribution in [0.15, 0.2) is 0 Å². The minimum atomic E-state index is -0.165. The maximum atomic E-state index is 11.4. The van der Waals surface area contributed by atoms with Crippen LogP contribution in [0.1, 0.15) is 19.3 Å². The molecule has 2 atom stereocenters. The summed E-state index contributed by atoms with van der Waals surface area (Å²) in [6.45, 7) is 2.93. The van der Waals surface area contributed by atoms with E-state index in [-0.39, 0.29) is 6.09 Å². The molecule has 4 nitrogen and oxygen atoms in total. The van der Waals surface area contributed by atoms with Gasteiger partial charge in [-0.15, -0.1) is 0 Å². The molecular formula is C11H20N2O2. The Hall–Kier alpha value is -0.770. The monoisotopic (exact) mass is 212 g/mol. The predicted molar refractivity (Wildman–Crippen MR) is 57.7 cm³/mol. The first kappa shape index (κ1) is 10.7. The lowest BCUT2D eigenvalue weighted by Gasteiger charge is -2.45. The van der Waals surface area contributed by atoms with Gasteiger partial charge in [0.15, 0.2) is 0 Å². The van der Waals surface area contributed by atoms with Gasteiger partial charge < -0.3 is 14.5 Å². The molecule has 2 fully saturated rings. The number of methoxy groups -OCH3 is 1. The fourth-order valence-corrected chi connectivity index (χ4v) is 2.95. The van der Waals surface area contributed by atoms with Crippen LogP contribution in [0.4, 0.5) is 4.79 Å². The van der Waals surface area contributed by atoms with Crippen molar-refractivity contribution in [3.8, 4) is 0 Å². The molecule has 2 heterocycles. The second-order valence-corrected chi connectivity index (χ2v) is 4.65. The number of fused-ring (bicyclic) bond motifs is 1. The Morgan fingerprint density at radius 1 is 1.33 bits per heavy atom. The lowest BCUT2D eigenvalue weighted by atomic mass is 9.84. The normalized spacial score (nSPS) is 32.3. The number of piperidine rings is 2. The standard InChI is InChI=1S/C11H20N2O2/c1-12-6-3-4-9-8-13(11(14)15-2)7-5-10(9)12/h9-10H,3-8H2,1-2H3. The first-order valence-corrected chi connectivity index (χ1v) is 5.75. The highest BCUT2D eigenvalue weighted by Crippen LogP contribution is 2.29. The zero-order chi connectivity index (χ0) is 10.8. The van der Waals surface area contributed by atoms with Gasteiger partial charge in [-0.05, 0) is 38.8 Å². The first-order valence-electron chi connectivity index (χ1n) is 5.75. The minimum absolute atomic E-state index is 0.165. The second-order valence-electron chi connectivity index (χ2n) is 4.65. The summed E-state index contributed by atoms with van der Waals surface area (Å²) in [6.07, 6.45) is 3.44. The molecule has 2 aliphatic rings. The highest BCUT2D eigenvalue weighted by Gasteiger charge is 2.35. The van der Waals surface area contributed by atoms with Gasteiger partial charge in [-0.3, -0.25) is 0 Å². The van der Waals surface area contributed by atoms with E-state index >= 15 is 0 Å². The van der Waals surface area contributed by atoms with Crippen LogP contribution < -0.4 is 0 Å². The summed E-state index contributed by atoms with van der Waals surface area (Å²) in [7, 11) is 3.66. The van der Waals surface area contributed by atoms with Gasteiger partial charge in [0, 0.05) is 19.1 Å². The van der Waals surface area contributed by atoms with Gasteiger partial charge in [-0.2, -0.15) is 0 Å². The van der Waals surface area contributed by atoms with Gasteiger partial charge in [0.2, 0.25) is 0 Å². The quantitative estimate of drug-likeness (QED) is 0.604. The summed E-state index contributed by atoms with van der Waals surface area (Å²) in [4.78, 5) is 15.7. The van der Waals surface area contributed by atoms with Gasteiger partial charge in [-0.25, -0.2) is 4.79 Å². The number of carbonyl (C=O) groups is 1. The Bertz CT molecular complexity index is 245. The Kier molecular flexibility index (Phi) is 3.14. The maximum Gasteiger partial charge on any atom is 0.409 e. The van der Waals surface area contributed by atoms with Crippen molar-refractivity contribution in [1.29, 1.82) is 0 Å². The molecule has 2 rings (SSSR count). The molecule has 2 saturated heterocycles. The van der Waals surface area contributed by atoms with E-state index in [9.17, 15) is 4.79 Å². The Morgan fingerprint density at radius 2 is 2.13 bits per heavy atom. The molecule has 0 aromatic heterocycles. The third kappa shape index (κ3) is 2.09. The van der Waals surface area contributed by atoms with Crippen molar-refractivity contribution in [3.05, 3.63) is 0 Å². The smallest absolute Gasteiger partial charge is 0.409 e. The molecule has 0 saturated carbocycles. The van der Waals surface area contributed by atoms with Gasteiger partial charge in [-0.1, -0.05) is 0 Å². The van der Waals surface area contributed by atoms with E-state index in [0.717, 1.165) is 19.5 Å². The van der Waals surface area contributed by atoms with Gasteiger partial charge in [0.25, 0.3) is 0 Å². The zero-order valence-corrected chi connectivity index (χ0v) is 9.61. The molecule has 0 spiro atoms. The van der Waals surface area contributed by atoms with E-state index in [1.807, 2.05) is 4.90 Å². The number of ether oxygens (including phenoxy) is 1. The van der Waals surface area contributed by atoms with Crippen LogP contribution in [0.3, 0.4) is 0 Å². The Labute approximate surface area is 91.2 Å². The summed E-state index contributed by atoms with van der Waals surface area (Å²) in [5.74, 6) is 0.650. The van der Waals surface area contributed by atoms with Crippen LogP contribution in [0, 0.1) is 5.92 Å². The molecular weight excluding hydrogens is 192 g/mol. The second kappa shape index (κ2) is 4.39. The summed E-state index contributed by atoms with van der Waals surface area (Å²) in [5.41, 5.74) is 0. The molecule has 4 heteroatoms. The third-order valence-electron chi connectivity index (χ3n) is 3.78. The average molecular weight is 212 g/mol. The van der Waals surface area contributed by atoms with Crippen molar-refractivity contribution >= 4 is 6.09 Å². The highest BCUT2D eigenvalue weighted by molar-refractivity contribution is 5.67. The number of nitrogens with zero attached hydrogens (tertiary/aromatic N) is 2. The van der Waals surface area contributed by atoms with Crippen LogP contribution in [0.5, 0.6) is 0 Å². The SMILES string of the molecule is COC(=O)N1CCC2C(CCCN2C)C1. The molecule has 1 amide bonds. The van der Waals surface area contributed by atoms with Crippen LogP contribution in [-0.2, 0) is 4.74 Å². The number of hydrogen-bond donors (Lipinski definition) is 0. The first-order chi connectivity index (χ1) is 7.22. The Morgan fingerprint density at radius 3 is 2.87 bits per heavy atom. The molecule has 0 radical (unpaired) electrons. The van der Waals surface area contributed by atoms with Crippen LogP contribution in [0.2, 0.25) is 0 Å². The molecule has 15 heavy (non-hydrogen) atoms. The van der Waals surface area contributed by atoms with Crippen molar-refractivity contribution in [2.45, 2.75) is 25.3 Å². The predicted octanol–water partition coefficient (Wildman–Crippen LogP) is 1.17. The van der Waals surface area contributed by atoms with Crippen molar-refractivity contribution in [1.82, 2.24) is 9.80 Å². The topological polar surface area (TPSA) is 32.8 Å². The number of carbonyl (C=O) groups excluding carboxylic acids is 1. The van der Waals surface area contributed by atoms with E-state index in [1.54, 1.807) is 0 Å². The number of likely N-dealkylation sites (tertiary alicyclic amines) is 2. The van der Waals surface area contributed by atoms with Crippen LogP contribution >= 0.6 is 0 Å². The van der Waals surface area contributed by atoms with E-state index in [4.69, 9.17) is 4.74 Å². The van der Waals surface area contributed by atoms with E-state index < -0.39 is 0 Å². The molecule has 86 valence electrons. The van der Waals surface area contributed by atoms with Crippen LogP contribution in [-0.4, -0.2) is 55.7 Å². The molecule has 2 unspecified atom stereocenters. The van der Waals surface area contributed by atoms with Crippen molar-refractivity contribution < 1.29 is 9.53 Å². The molecule has 0 aromatic rings. The van der Waals surface area contributed by atoms with Gasteiger partial charge in [0.1, 0.15) is 0 Å². The van der Waals surface area contributed by atoms with Crippen molar-refractivity contribution in [3.63, 3.8) is 0 Å². The fraction of sp³-hybridized carbons (Fsp3) is 0.909. The molecule has 0 aromatic carbocycles. The van der Waals surface area contributed by atoms with E-state index in [1.165, 1.54) is 26.5 Å². The van der Waals surface area contributed by atoms with Crippen molar-refractivity contribution in [2.24, 2.45) is 5.92 Å². The van der Waals surface area contributed by atoms with E-state index in [0.29, 0.717) is 12.0 Å². The largest absolute Gasteiger partial charge is 0.453 e. The van der Waals surface area contributed by atoms with Gasteiger partial charge in [0.05, 0.1) is 7.11 Å². The third-order valence-corrected chi connectivity index (χ3v) is 3.78. The summed E-state index contributed by atoms with van der Waals surface area (Å²) >= 11 is 0. The molecule has 2 aliphatic heterocycles. The van der Waals surface area contributed by atoms with E-state index in [2.05, 4.69) is 11.9 Å². The molecule has 0 N–H and O–H groups in total. The lowest BCUT2D eigenvalue weighted by Crippen LogP contribution is -2.53. The summed E-state index contributed by atoms with van der Waals surface area (Å²) < 4.78 is 4.77. The van der Waals surface area contributed by atoms with Gasteiger partial charge >= 0.3 is 6.09 Å². The van der Waals surface area contributed by atoms with Crippen molar-refractivity contribution in [2.75, 3.05) is 33.8 Å². The maximum absolute atomic E-state index is 11.4. The molecule has 0 aliphatic carbocycles. The highest BCUT2D eigenvalue weighted by atomic mass is 16.5. The Balaban J connectivity index is 1.96. The average Bonchev–Trinajstić information content (AvgIpc) is 2.28. The summed E-state index contributed by atoms with van der Waals surface area (Å²) in [6, 6.07) is 0.680. The number of rotatable bonds is 0. The number of amides is 1.